The average Bonchev–Trinajstić information content (AvgIpc) is 2.56. The molecule has 0 spiro atoms. The van der Waals surface area contributed by atoms with Gasteiger partial charge in [-0.2, -0.15) is 0 Å². The van der Waals surface area contributed by atoms with E-state index in [9.17, 15) is 14.4 Å². The van der Waals surface area contributed by atoms with E-state index in [1.165, 1.54) is 12.2 Å². The van der Waals surface area contributed by atoms with Crippen LogP contribution in [0.4, 0.5) is 0 Å². The van der Waals surface area contributed by atoms with Gasteiger partial charge in [0.2, 0.25) is 0 Å². The standard InChI is InChI=1S/C21H24O3/c1-12-10-21(24)14(3)13(2)16(12)6-4-15-5-7-17-18(11-15)20(23)9-8-19(17)22/h5,7-9,11-14,16H,4,6,10H2,1-3H3/t12-,13+,14-,16?/m1/s1. The van der Waals surface area contributed by atoms with Crippen molar-refractivity contribution in [3.05, 3.63) is 47.0 Å². The zero-order chi connectivity index (χ0) is 17.4. The van der Waals surface area contributed by atoms with E-state index in [0.717, 1.165) is 18.4 Å². The molecule has 1 aromatic carbocycles. The maximum Gasteiger partial charge on any atom is 0.186 e. The second-order valence-electron chi connectivity index (χ2n) is 7.44. The van der Waals surface area contributed by atoms with Gasteiger partial charge in [0.25, 0.3) is 0 Å². The zero-order valence-electron chi connectivity index (χ0n) is 14.5. The first kappa shape index (κ1) is 16.8. The van der Waals surface area contributed by atoms with Gasteiger partial charge >= 0.3 is 0 Å². The molecule has 24 heavy (non-hydrogen) atoms. The molecule has 2 aliphatic rings. The van der Waals surface area contributed by atoms with Crippen LogP contribution in [0.25, 0.3) is 0 Å². The summed E-state index contributed by atoms with van der Waals surface area (Å²) in [7, 11) is 0. The summed E-state index contributed by atoms with van der Waals surface area (Å²) >= 11 is 0. The highest BCUT2D eigenvalue weighted by Crippen LogP contribution is 2.39. The number of ketones is 3. The Kier molecular flexibility index (Phi) is 4.53. The van der Waals surface area contributed by atoms with Crippen LogP contribution < -0.4 is 0 Å². The minimum absolute atomic E-state index is 0.0925. The smallest absolute Gasteiger partial charge is 0.186 e. The third kappa shape index (κ3) is 3.00. The quantitative estimate of drug-likeness (QED) is 0.843. The van der Waals surface area contributed by atoms with Gasteiger partial charge in [0, 0.05) is 23.5 Å². The van der Waals surface area contributed by atoms with E-state index < -0.39 is 0 Å². The summed E-state index contributed by atoms with van der Waals surface area (Å²) in [5.74, 6) is 1.65. The maximum atomic E-state index is 12.0. The molecule has 0 heterocycles. The van der Waals surface area contributed by atoms with Crippen molar-refractivity contribution in [3.63, 3.8) is 0 Å². The molecule has 1 aromatic rings. The number of hydrogen-bond donors (Lipinski definition) is 0. The van der Waals surface area contributed by atoms with Gasteiger partial charge in [-0.25, -0.2) is 0 Å². The fourth-order valence-corrected chi connectivity index (χ4v) is 4.21. The highest BCUT2D eigenvalue weighted by molar-refractivity contribution is 6.22. The van der Waals surface area contributed by atoms with Crippen LogP contribution in [0, 0.1) is 23.7 Å². The molecule has 3 heteroatoms. The molecule has 1 saturated carbocycles. The molecule has 0 aliphatic heterocycles. The third-order valence-corrected chi connectivity index (χ3v) is 5.99. The number of aryl methyl sites for hydroxylation is 1. The first-order valence-corrected chi connectivity index (χ1v) is 8.81. The predicted molar refractivity (Wildman–Crippen MR) is 93.2 cm³/mol. The molecule has 1 unspecified atom stereocenters. The second-order valence-corrected chi connectivity index (χ2v) is 7.44. The van der Waals surface area contributed by atoms with Crippen LogP contribution in [-0.2, 0) is 11.2 Å². The highest BCUT2D eigenvalue weighted by Gasteiger charge is 2.36. The van der Waals surface area contributed by atoms with Crippen molar-refractivity contribution < 1.29 is 14.4 Å². The Morgan fingerprint density at radius 1 is 0.958 bits per heavy atom. The SMILES string of the molecule is C[C@@H]1CC(=O)[C@H](C)[C@H](C)C1CCc1ccc2c(c1)C(=O)C=CC2=O. The lowest BCUT2D eigenvalue weighted by molar-refractivity contribution is -0.129. The Balaban J connectivity index is 1.74. The number of rotatable bonds is 3. The van der Waals surface area contributed by atoms with Gasteiger partial charge in [-0.3, -0.25) is 14.4 Å². The zero-order valence-corrected chi connectivity index (χ0v) is 14.5. The summed E-state index contributed by atoms with van der Waals surface area (Å²) in [5.41, 5.74) is 2.12. The topological polar surface area (TPSA) is 51.2 Å². The molecule has 1 fully saturated rings. The number of hydrogen-bond acceptors (Lipinski definition) is 3. The van der Waals surface area contributed by atoms with E-state index in [1.54, 1.807) is 6.07 Å². The average molecular weight is 324 g/mol. The minimum Gasteiger partial charge on any atom is -0.299 e. The van der Waals surface area contributed by atoms with Crippen LogP contribution in [0.1, 0.15) is 59.9 Å². The third-order valence-electron chi connectivity index (χ3n) is 5.99. The fourth-order valence-electron chi connectivity index (χ4n) is 4.21. The van der Waals surface area contributed by atoms with E-state index in [0.29, 0.717) is 41.1 Å². The van der Waals surface area contributed by atoms with Gasteiger partial charge in [-0.1, -0.05) is 32.9 Å². The lowest BCUT2D eigenvalue weighted by atomic mass is 9.66. The van der Waals surface area contributed by atoms with Crippen LogP contribution in [0.3, 0.4) is 0 Å². The van der Waals surface area contributed by atoms with Gasteiger partial charge in [0.15, 0.2) is 11.6 Å². The van der Waals surface area contributed by atoms with Crippen LogP contribution in [0.2, 0.25) is 0 Å². The molecule has 3 rings (SSSR count). The van der Waals surface area contributed by atoms with Crippen molar-refractivity contribution in [1.82, 2.24) is 0 Å². The Hall–Kier alpha value is -2.03. The summed E-state index contributed by atoms with van der Waals surface area (Å²) in [5, 5.41) is 0. The minimum atomic E-state index is -0.0991. The van der Waals surface area contributed by atoms with Crippen molar-refractivity contribution in [2.24, 2.45) is 23.7 Å². The highest BCUT2D eigenvalue weighted by atomic mass is 16.1. The number of benzene rings is 1. The molecule has 0 radical (unpaired) electrons. The largest absolute Gasteiger partial charge is 0.299 e. The summed E-state index contributed by atoms with van der Waals surface area (Å²) in [6.45, 7) is 6.40. The molecule has 2 aliphatic carbocycles. The van der Waals surface area contributed by atoms with E-state index in [1.807, 2.05) is 19.1 Å². The Bertz CT molecular complexity index is 729. The summed E-state index contributed by atoms with van der Waals surface area (Å²) < 4.78 is 0. The van der Waals surface area contributed by atoms with Gasteiger partial charge in [0.1, 0.15) is 5.78 Å². The fraction of sp³-hybridized carbons (Fsp3) is 0.476. The van der Waals surface area contributed by atoms with Crippen LogP contribution in [0.5, 0.6) is 0 Å². The van der Waals surface area contributed by atoms with Gasteiger partial charge < -0.3 is 0 Å². The van der Waals surface area contributed by atoms with Crippen LogP contribution >= 0.6 is 0 Å². The first-order valence-electron chi connectivity index (χ1n) is 8.81. The number of carbonyl (C=O) groups excluding carboxylic acids is 3. The van der Waals surface area contributed by atoms with Crippen molar-refractivity contribution >= 4 is 17.3 Å². The summed E-state index contributed by atoms with van der Waals surface area (Å²) in [6.07, 6.45) is 5.26. The van der Waals surface area contributed by atoms with Crippen LogP contribution in [-0.4, -0.2) is 17.3 Å². The Morgan fingerprint density at radius 3 is 2.33 bits per heavy atom. The molecule has 4 atom stereocenters. The predicted octanol–water partition coefficient (Wildman–Crippen LogP) is 4.05. The second kappa shape index (κ2) is 6.46. The van der Waals surface area contributed by atoms with E-state index >= 15 is 0 Å². The lowest BCUT2D eigenvalue weighted by Crippen LogP contribution is -2.37. The normalized spacial score (nSPS) is 29.7. The summed E-state index contributed by atoms with van der Waals surface area (Å²) in [4.78, 5) is 35.8. The van der Waals surface area contributed by atoms with Crippen molar-refractivity contribution in [2.75, 3.05) is 0 Å². The van der Waals surface area contributed by atoms with Crippen molar-refractivity contribution in [3.8, 4) is 0 Å². The Labute approximate surface area is 143 Å². The van der Waals surface area contributed by atoms with Gasteiger partial charge in [0.05, 0.1) is 0 Å². The molecule has 0 bridgehead atoms. The summed E-state index contributed by atoms with van der Waals surface area (Å²) in [6, 6.07) is 5.59. The van der Waals surface area contributed by atoms with E-state index in [4.69, 9.17) is 0 Å². The molecule has 126 valence electrons. The first-order chi connectivity index (χ1) is 11.4. The molecular formula is C21H24O3. The number of Topliss-reactive ketones (excluding diaryl/α,β-unsaturated/α-hetero) is 1. The van der Waals surface area contributed by atoms with Crippen LogP contribution in [0.15, 0.2) is 30.4 Å². The molecule has 0 N–H and O–H groups in total. The Morgan fingerprint density at radius 2 is 1.62 bits per heavy atom. The number of fused-ring (bicyclic) bond motifs is 1. The molecular weight excluding hydrogens is 300 g/mol. The van der Waals surface area contributed by atoms with Gasteiger partial charge in [-0.05, 0) is 54.4 Å². The van der Waals surface area contributed by atoms with Gasteiger partial charge in [-0.15, -0.1) is 0 Å². The monoisotopic (exact) mass is 324 g/mol. The molecule has 0 amide bonds. The number of carbonyl (C=O) groups is 3. The van der Waals surface area contributed by atoms with E-state index in [-0.39, 0.29) is 17.5 Å². The molecule has 3 nitrogen and oxygen atoms in total. The number of allylic oxidation sites excluding steroid dienone is 2. The van der Waals surface area contributed by atoms with Crippen molar-refractivity contribution in [1.29, 1.82) is 0 Å². The van der Waals surface area contributed by atoms with Crippen molar-refractivity contribution in [2.45, 2.75) is 40.0 Å². The molecule has 0 aromatic heterocycles. The molecule has 0 saturated heterocycles. The maximum absolute atomic E-state index is 12.0. The lowest BCUT2D eigenvalue weighted by Gasteiger charge is -2.38. The van der Waals surface area contributed by atoms with E-state index in [2.05, 4.69) is 13.8 Å².